The fraction of sp³-hybridized carbons (Fsp3) is 0.0909. The summed E-state index contributed by atoms with van der Waals surface area (Å²) >= 11 is 0. The predicted octanol–water partition coefficient (Wildman–Crippen LogP) is -0.0980. The second-order valence-electron chi connectivity index (χ2n) is 4.10. The number of nitrogens with one attached hydrogen (secondary N) is 1. The van der Waals surface area contributed by atoms with E-state index in [9.17, 15) is 13.2 Å². The molecule has 2 aromatic rings. The molecule has 0 saturated heterocycles. The van der Waals surface area contributed by atoms with Gasteiger partial charge >= 0.3 is 0 Å². The van der Waals surface area contributed by atoms with Crippen LogP contribution in [-0.2, 0) is 17.1 Å². The third-order valence-electron chi connectivity index (χ3n) is 2.51. The zero-order chi connectivity index (χ0) is 14.9. The van der Waals surface area contributed by atoms with Crippen LogP contribution in [-0.4, -0.2) is 24.1 Å². The van der Waals surface area contributed by atoms with E-state index in [1.165, 1.54) is 29.1 Å². The lowest BCUT2D eigenvalue weighted by atomic mass is 10.3. The van der Waals surface area contributed by atoms with E-state index in [1.54, 1.807) is 13.1 Å². The molecule has 1 amide bonds. The monoisotopic (exact) mass is 295 g/mol. The highest BCUT2D eigenvalue weighted by atomic mass is 32.2. The standard InChI is InChI=1S/C11H13N5O3S/c1-16-6-7(12)10(15-16)11(17)14-8-4-2-3-5-9(8)20(13,18)19/h2-6H,12H2,1H3,(H,14,17)(H2,13,18,19). The molecule has 1 aromatic carbocycles. The smallest absolute Gasteiger partial charge is 0.278 e. The largest absolute Gasteiger partial charge is 0.396 e. The predicted molar refractivity (Wildman–Crippen MR) is 73.4 cm³/mol. The minimum atomic E-state index is -3.94. The van der Waals surface area contributed by atoms with E-state index in [0.29, 0.717) is 0 Å². The van der Waals surface area contributed by atoms with Gasteiger partial charge in [0.15, 0.2) is 5.69 Å². The lowest BCUT2D eigenvalue weighted by Crippen LogP contribution is -2.19. The van der Waals surface area contributed by atoms with Gasteiger partial charge in [-0.05, 0) is 12.1 Å². The molecule has 0 atom stereocenters. The number of primary sulfonamides is 1. The SMILES string of the molecule is Cn1cc(N)c(C(=O)Nc2ccccc2S(N)(=O)=O)n1. The van der Waals surface area contributed by atoms with Crippen LogP contribution in [0.15, 0.2) is 35.4 Å². The molecule has 0 saturated carbocycles. The summed E-state index contributed by atoms with van der Waals surface area (Å²) in [5.41, 5.74) is 5.91. The number of hydrogen-bond acceptors (Lipinski definition) is 5. The Balaban J connectivity index is 2.36. The maximum absolute atomic E-state index is 12.0. The summed E-state index contributed by atoms with van der Waals surface area (Å²) < 4.78 is 24.2. The number of carbonyl (C=O) groups is 1. The average Bonchev–Trinajstić information content (AvgIpc) is 2.68. The van der Waals surface area contributed by atoms with Crippen molar-refractivity contribution in [3.05, 3.63) is 36.2 Å². The summed E-state index contributed by atoms with van der Waals surface area (Å²) in [4.78, 5) is 11.8. The topological polar surface area (TPSA) is 133 Å². The van der Waals surface area contributed by atoms with Crippen LogP contribution in [0.5, 0.6) is 0 Å². The van der Waals surface area contributed by atoms with E-state index in [1.807, 2.05) is 0 Å². The van der Waals surface area contributed by atoms with Crippen LogP contribution in [0.2, 0.25) is 0 Å². The second kappa shape index (κ2) is 4.94. The van der Waals surface area contributed by atoms with Crippen LogP contribution < -0.4 is 16.2 Å². The Morgan fingerprint density at radius 2 is 2.00 bits per heavy atom. The molecule has 0 radical (unpaired) electrons. The van der Waals surface area contributed by atoms with Crippen molar-refractivity contribution in [2.45, 2.75) is 4.90 Å². The summed E-state index contributed by atoms with van der Waals surface area (Å²) in [7, 11) is -2.32. The molecule has 2 rings (SSSR count). The first-order chi connectivity index (χ1) is 9.29. The zero-order valence-electron chi connectivity index (χ0n) is 10.6. The van der Waals surface area contributed by atoms with Crippen LogP contribution in [0.25, 0.3) is 0 Å². The molecule has 0 bridgehead atoms. The van der Waals surface area contributed by atoms with Gasteiger partial charge in [0.05, 0.1) is 11.4 Å². The highest BCUT2D eigenvalue weighted by Gasteiger charge is 2.18. The highest BCUT2D eigenvalue weighted by Crippen LogP contribution is 2.20. The number of anilines is 2. The summed E-state index contributed by atoms with van der Waals surface area (Å²) in [6.07, 6.45) is 1.47. The van der Waals surface area contributed by atoms with Crippen molar-refractivity contribution >= 4 is 27.3 Å². The van der Waals surface area contributed by atoms with Crippen molar-refractivity contribution in [2.75, 3.05) is 11.1 Å². The number of amides is 1. The van der Waals surface area contributed by atoms with E-state index < -0.39 is 15.9 Å². The van der Waals surface area contributed by atoms with Crippen molar-refractivity contribution in [3.63, 3.8) is 0 Å². The molecule has 20 heavy (non-hydrogen) atoms. The van der Waals surface area contributed by atoms with E-state index >= 15 is 0 Å². The zero-order valence-corrected chi connectivity index (χ0v) is 11.4. The number of benzene rings is 1. The Bertz CT molecular complexity index is 766. The number of para-hydroxylation sites is 1. The maximum Gasteiger partial charge on any atom is 0.278 e. The fourth-order valence-electron chi connectivity index (χ4n) is 1.68. The van der Waals surface area contributed by atoms with Crippen LogP contribution >= 0.6 is 0 Å². The van der Waals surface area contributed by atoms with Gasteiger partial charge in [-0.3, -0.25) is 9.48 Å². The summed E-state index contributed by atoms with van der Waals surface area (Å²) in [6, 6.07) is 5.81. The highest BCUT2D eigenvalue weighted by molar-refractivity contribution is 7.89. The normalized spacial score (nSPS) is 11.3. The molecule has 5 N–H and O–H groups in total. The summed E-state index contributed by atoms with van der Waals surface area (Å²) in [5.74, 6) is -0.612. The Kier molecular flexibility index (Phi) is 3.47. The molecule has 0 spiro atoms. The molecule has 0 unspecified atom stereocenters. The van der Waals surface area contributed by atoms with Crippen molar-refractivity contribution in [2.24, 2.45) is 12.2 Å². The Hall–Kier alpha value is -2.39. The lowest BCUT2D eigenvalue weighted by molar-refractivity contribution is 0.102. The van der Waals surface area contributed by atoms with Crippen molar-refractivity contribution in [1.82, 2.24) is 9.78 Å². The molecule has 106 valence electrons. The van der Waals surface area contributed by atoms with Gasteiger partial charge in [0.2, 0.25) is 10.0 Å². The first-order valence-electron chi connectivity index (χ1n) is 5.51. The minimum Gasteiger partial charge on any atom is -0.396 e. The van der Waals surface area contributed by atoms with Crippen molar-refractivity contribution in [3.8, 4) is 0 Å². The number of nitrogen functional groups attached to an aromatic ring is 1. The maximum atomic E-state index is 12.0. The van der Waals surface area contributed by atoms with Crippen LogP contribution in [0.1, 0.15) is 10.5 Å². The molecule has 9 heteroatoms. The van der Waals surface area contributed by atoms with Crippen molar-refractivity contribution < 1.29 is 13.2 Å². The van der Waals surface area contributed by atoms with Gasteiger partial charge in [0.1, 0.15) is 4.90 Å². The molecule has 0 aliphatic rings. The third kappa shape index (κ3) is 2.78. The molecule has 8 nitrogen and oxygen atoms in total. The summed E-state index contributed by atoms with van der Waals surface area (Å²) in [6.45, 7) is 0. The Morgan fingerprint density at radius 1 is 1.35 bits per heavy atom. The van der Waals surface area contributed by atoms with Gasteiger partial charge in [-0.2, -0.15) is 5.10 Å². The number of rotatable bonds is 3. The van der Waals surface area contributed by atoms with E-state index in [2.05, 4.69) is 10.4 Å². The number of carbonyl (C=O) groups excluding carboxylic acids is 1. The van der Waals surface area contributed by atoms with Gasteiger partial charge in [-0.15, -0.1) is 0 Å². The second-order valence-corrected chi connectivity index (χ2v) is 5.63. The number of hydrogen-bond donors (Lipinski definition) is 3. The van der Waals surface area contributed by atoms with Gasteiger partial charge in [-0.1, -0.05) is 12.1 Å². The number of aryl methyl sites for hydroxylation is 1. The molecule has 1 aromatic heterocycles. The third-order valence-corrected chi connectivity index (χ3v) is 3.48. The number of aromatic nitrogens is 2. The van der Waals surface area contributed by atoms with E-state index in [-0.39, 0.29) is 22.0 Å². The average molecular weight is 295 g/mol. The van der Waals surface area contributed by atoms with Gasteiger partial charge in [0, 0.05) is 13.2 Å². The minimum absolute atomic E-state index is 0.0109. The quantitative estimate of drug-likeness (QED) is 0.727. The molecule has 0 aliphatic heterocycles. The first-order valence-corrected chi connectivity index (χ1v) is 7.06. The number of nitrogens with two attached hydrogens (primary N) is 2. The number of nitrogens with zero attached hydrogens (tertiary/aromatic N) is 2. The molecule has 0 aliphatic carbocycles. The summed E-state index contributed by atoms with van der Waals surface area (Å²) in [5, 5.41) is 11.4. The molecular weight excluding hydrogens is 282 g/mol. The van der Waals surface area contributed by atoms with Gasteiger partial charge in [0.25, 0.3) is 5.91 Å². The van der Waals surface area contributed by atoms with Crippen LogP contribution in [0, 0.1) is 0 Å². The Labute approximate surface area is 115 Å². The van der Waals surface area contributed by atoms with Crippen molar-refractivity contribution in [1.29, 1.82) is 0 Å². The van der Waals surface area contributed by atoms with E-state index in [0.717, 1.165) is 0 Å². The Morgan fingerprint density at radius 3 is 2.55 bits per heavy atom. The lowest BCUT2D eigenvalue weighted by Gasteiger charge is -2.08. The molecular formula is C11H13N5O3S. The molecule has 1 heterocycles. The van der Waals surface area contributed by atoms with Gasteiger partial charge < -0.3 is 11.1 Å². The van der Waals surface area contributed by atoms with Crippen LogP contribution in [0.3, 0.4) is 0 Å². The first kappa shape index (κ1) is 14.0. The fourth-order valence-corrected chi connectivity index (χ4v) is 2.38. The molecule has 0 fully saturated rings. The number of sulfonamides is 1. The van der Waals surface area contributed by atoms with E-state index in [4.69, 9.17) is 10.9 Å². The van der Waals surface area contributed by atoms with Gasteiger partial charge in [-0.25, -0.2) is 13.6 Å². The van der Waals surface area contributed by atoms with Crippen LogP contribution in [0.4, 0.5) is 11.4 Å².